The molecule has 1 atom stereocenters. The van der Waals surface area contributed by atoms with Crippen LogP contribution in [0.25, 0.3) is 0 Å². The standard InChI is InChI=1S/C16H18N2O2/c1-12(13-5-3-2-4-6-13)7-8-18-16(20)14-9-15(19)11-17-10-14/h2-6,9-12,19H,7-8H2,1H3,(H,18,20). The molecule has 2 N–H and O–H groups in total. The molecule has 0 fully saturated rings. The van der Waals surface area contributed by atoms with Gasteiger partial charge in [-0.25, -0.2) is 0 Å². The minimum atomic E-state index is -0.214. The van der Waals surface area contributed by atoms with Crippen molar-refractivity contribution in [3.05, 3.63) is 59.9 Å². The highest BCUT2D eigenvalue weighted by atomic mass is 16.3. The van der Waals surface area contributed by atoms with E-state index in [9.17, 15) is 9.90 Å². The molecule has 1 heterocycles. The molecule has 104 valence electrons. The van der Waals surface area contributed by atoms with Crippen LogP contribution in [0.5, 0.6) is 5.75 Å². The van der Waals surface area contributed by atoms with Crippen molar-refractivity contribution in [2.24, 2.45) is 0 Å². The highest BCUT2D eigenvalue weighted by Gasteiger charge is 2.08. The third kappa shape index (κ3) is 3.82. The summed E-state index contributed by atoms with van der Waals surface area (Å²) in [5.74, 6) is 0.169. The first-order valence-electron chi connectivity index (χ1n) is 6.64. The largest absolute Gasteiger partial charge is 0.506 e. The van der Waals surface area contributed by atoms with Gasteiger partial charge in [-0.05, 0) is 24.0 Å². The van der Waals surface area contributed by atoms with E-state index in [1.807, 2.05) is 18.2 Å². The molecule has 1 unspecified atom stereocenters. The number of nitrogens with zero attached hydrogens (tertiary/aromatic N) is 1. The Balaban J connectivity index is 1.83. The lowest BCUT2D eigenvalue weighted by Crippen LogP contribution is -2.25. The summed E-state index contributed by atoms with van der Waals surface area (Å²) in [5.41, 5.74) is 1.64. The quantitative estimate of drug-likeness (QED) is 0.878. The Labute approximate surface area is 118 Å². The van der Waals surface area contributed by atoms with Gasteiger partial charge in [-0.3, -0.25) is 9.78 Å². The van der Waals surface area contributed by atoms with E-state index >= 15 is 0 Å². The molecular formula is C16H18N2O2. The number of carbonyl (C=O) groups is 1. The molecule has 4 nitrogen and oxygen atoms in total. The lowest BCUT2D eigenvalue weighted by atomic mass is 9.98. The summed E-state index contributed by atoms with van der Waals surface area (Å²) in [6.07, 6.45) is 3.60. The second kappa shape index (κ2) is 6.70. The number of pyridine rings is 1. The van der Waals surface area contributed by atoms with E-state index in [-0.39, 0.29) is 11.7 Å². The second-order valence-electron chi connectivity index (χ2n) is 4.79. The van der Waals surface area contributed by atoms with Crippen molar-refractivity contribution in [2.75, 3.05) is 6.54 Å². The van der Waals surface area contributed by atoms with Gasteiger partial charge >= 0.3 is 0 Å². The fourth-order valence-electron chi connectivity index (χ4n) is 2.00. The fourth-order valence-corrected chi connectivity index (χ4v) is 2.00. The smallest absolute Gasteiger partial charge is 0.252 e. The molecule has 0 spiro atoms. The minimum Gasteiger partial charge on any atom is -0.506 e. The monoisotopic (exact) mass is 270 g/mol. The van der Waals surface area contributed by atoms with E-state index in [4.69, 9.17) is 0 Å². The Hall–Kier alpha value is -2.36. The Bertz CT molecular complexity index is 570. The zero-order valence-corrected chi connectivity index (χ0v) is 11.4. The zero-order chi connectivity index (χ0) is 14.4. The average Bonchev–Trinajstić information content (AvgIpc) is 2.48. The molecule has 0 saturated heterocycles. The van der Waals surface area contributed by atoms with Crippen LogP contribution in [0.2, 0.25) is 0 Å². The zero-order valence-electron chi connectivity index (χ0n) is 11.4. The molecule has 0 saturated carbocycles. The van der Waals surface area contributed by atoms with Gasteiger partial charge in [0.25, 0.3) is 5.91 Å². The lowest BCUT2D eigenvalue weighted by molar-refractivity contribution is 0.0952. The third-order valence-electron chi connectivity index (χ3n) is 3.22. The van der Waals surface area contributed by atoms with Crippen molar-refractivity contribution in [2.45, 2.75) is 19.3 Å². The summed E-state index contributed by atoms with van der Waals surface area (Å²) in [4.78, 5) is 15.6. The van der Waals surface area contributed by atoms with Gasteiger partial charge in [0.15, 0.2) is 0 Å². The number of nitrogens with one attached hydrogen (secondary N) is 1. The molecule has 2 rings (SSSR count). The van der Waals surface area contributed by atoms with E-state index in [0.29, 0.717) is 18.0 Å². The molecule has 0 aliphatic heterocycles. The Morgan fingerprint density at radius 1 is 1.30 bits per heavy atom. The van der Waals surface area contributed by atoms with E-state index in [1.54, 1.807) is 0 Å². The minimum absolute atomic E-state index is 0.00435. The lowest BCUT2D eigenvalue weighted by Gasteiger charge is -2.12. The van der Waals surface area contributed by atoms with Gasteiger partial charge in [-0.2, -0.15) is 0 Å². The number of aromatic hydroxyl groups is 1. The maximum absolute atomic E-state index is 11.9. The maximum Gasteiger partial charge on any atom is 0.252 e. The predicted octanol–water partition coefficient (Wildman–Crippen LogP) is 2.71. The SMILES string of the molecule is CC(CCNC(=O)c1cncc(O)c1)c1ccccc1. The summed E-state index contributed by atoms with van der Waals surface area (Å²) in [6, 6.07) is 11.6. The van der Waals surface area contributed by atoms with Gasteiger partial charge in [0.1, 0.15) is 5.75 Å². The molecular weight excluding hydrogens is 252 g/mol. The highest BCUT2D eigenvalue weighted by Crippen LogP contribution is 2.17. The first kappa shape index (κ1) is 14.1. The Morgan fingerprint density at radius 2 is 2.05 bits per heavy atom. The van der Waals surface area contributed by atoms with Crippen LogP contribution in [0.3, 0.4) is 0 Å². The summed E-state index contributed by atoms with van der Waals surface area (Å²) >= 11 is 0. The number of hydrogen-bond acceptors (Lipinski definition) is 3. The van der Waals surface area contributed by atoms with Crippen molar-refractivity contribution in [1.29, 1.82) is 0 Å². The van der Waals surface area contributed by atoms with E-state index in [1.165, 1.54) is 24.0 Å². The van der Waals surface area contributed by atoms with E-state index in [2.05, 4.69) is 29.4 Å². The Kier molecular flexibility index (Phi) is 4.71. The van der Waals surface area contributed by atoms with Gasteiger partial charge in [0.2, 0.25) is 0 Å². The van der Waals surface area contributed by atoms with Crippen LogP contribution in [0, 0.1) is 0 Å². The summed E-state index contributed by atoms with van der Waals surface area (Å²) in [6.45, 7) is 2.72. The number of rotatable bonds is 5. The molecule has 1 aromatic carbocycles. The van der Waals surface area contributed by atoms with Crippen LogP contribution < -0.4 is 5.32 Å². The van der Waals surface area contributed by atoms with Crippen molar-refractivity contribution in [1.82, 2.24) is 10.3 Å². The van der Waals surface area contributed by atoms with Gasteiger partial charge < -0.3 is 10.4 Å². The Morgan fingerprint density at radius 3 is 2.75 bits per heavy atom. The second-order valence-corrected chi connectivity index (χ2v) is 4.79. The number of hydrogen-bond donors (Lipinski definition) is 2. The molecule has 0 aliphatic rings. The van der Waals surface area contributed by atoms with Gasteiger partial charge in [0, 0.05) is 12.7 Å². The molecule has 0 aliphatic carbocycles. The molecule has 0 radical (unpaired) electrons. The number of aromatic nitrogens is 1. The molecule has 1 aromatic heterocycles. The van der Waals surface area contributed by atoms with E-state index in [0.717, 1.165) is 6.42 Å². The van der Waals surface area contributed by atoms with Gasteiger partial charge in [0.05, 0.1) is 11.8 Å². The van der Waals surface area contributed by atoms with Gasteiger partial charge in [-0.1, -0.05) is 37.3 Å². The van der Waals surface area contributed by atoms with E-state index < -0.39 is 0 Å². The van der Waals surface area contributed by atoms with Gasteiger partial charge in [-0.15, -0.1) is 0 Å². The first-order chi connectivity index (χ1) is 9.66. The predicted molar refractivity (Wildman–Crippen MR) is 77.7 cm³/mol. The van der Waals surface area contributed by atoms with Crippen molar-refractivity contribution >= 4 is 5.91 Å². The van der Waals surface area contributed by atoms with Crippen LogP contribution in [0.15, 0.2) is 48.8 Å². The van der Waals surface area contributed by atoms with Crippen molar-refractivity contribution in [3.63, 3.8) is 0 Å². The highest BCUT2D eigenvalue weighted by molar-refractivity contribution is 5.94. The molecule has 2 aromatic rings. The van der Waals surface area contributed by atoms with Crippen LogP contribution in [-0.4, -0.2) is 22.5 Å². The summed E-state index contributed by atoms with van der Waals surface area (Å²) in [5, 5.41) is 12.1. The normalized spacial score (nSPS) is 11.8. The van der Waals surface area contributed by atoms with Crippen LogP contribution >= 0.6 is 0 Å². The molecule has 1 amide bonds. The molecule has 20 heavy (non-hydrogen) atoms. The van der Waals surface area contributed by atoms with Crippen LogP contribution in [0.1, 0.15) is 35.2 Å². The summed E-state index contributed by atoms with van der Waals surface area (Å²) < 4.78 is 0. The number of carbonyl (C=O) groups excluding carboxylic acids is 1. The fraction of sp³-hybridized carbons (Fsp3) is 0.250. The van der Waals surface area contributed by atoms with Crippen LogP contribution in [-0.2, 0) is 0 Å². The number of amides is 1. The van der Waals surface area contributed by atoms with Crippen molar-refractivity contribution in [3.8, 4) is 5.75 Å². The number of benzene rings is 1. The van der Waals surface area contributed by atoms with Crippen molar-refractivity contribution < 1.29 is 9.90 Å². The average molecular weight is 270 g/mol. The maximum atomic E-state index is 11.9. The summed E-state index contributed by atoms with van der Waals surface area (Å²) in [7, 11) is 0. The first-order valence-corrected chi connectivity index (χ1v) is 6.64. The topological polar surface area (TPSA) is 62.2 Å². The third-order valence-corrected chi connectivity index (χ3v) is 3.22. The van der Waals surface area contributed by atoms with Crippen LogP contribution in [0.4, 0.5) is 0 Å². The molecule has 4 heteroatoms. The molecule has 0 bridgehead atoms.